The molecule has 0 bridgehead atoms. The van der Waals surface area contributed by atoms with Gasteiger partial charge >= 0.3 is 5.92 Å². The average molecular weight is 357 g/mol. The monoisotopic (exact) mass is 357 g/mol. The molecule has 0 unspecified atom stereocenters. The zero-order chi connectivity index (χ0) is 18.7. The van der Waals surface area contributed by atoms with Crippen molar-refractivity contribution in [2.45, 2.75) is 12.3 Å². The number of halogens is 3. The number of rotatable bonds is 5. The van der Waals surface area contributed by atoms with E-state index < -0.39 is 23.1 Å². The van der Waals surface area contributed by atoms with E-state index in [0.29, 0.717) is 5.39 Å². The van der Waals surface area contributed by atoms with E-state index in [1.807, 2.05) is 0 Å². The standard InChI is InChI=1S/C18H14F3N5/c19-12-7-5-11(6-8-12)18(20,21)17-24-14-4-2-1-3-13(14)16(26-17)25-15(23)9-10-22/h1-8,10,22H,9H2,(H2,23,24,25,26). The summed E-state index contributed by atoms with van der Waals surface area (Å²) >= 11 is 0. The number of nitrogens with two attached hydrogens (primary N) is 1. The van der Waals surface area contributed by atoms with Crippen LogP contribution in [-0.2, 0) is 5.92 Å². The lowest BCUT2D eigenvalue weighted by atomic mass is 10.1. The predicted molar refractivity (Wildman–Crippen MR) is 93.6 cm³/mol. The Balaban J connectivity index is 2.18. The summed E-state index contributed by atoms with van der Waals surface area (Å²) in [5.41, 5.74) is 5.55. The van der Waals surface area contributed by atoms with Crippen molar-refractivity contribution < 1.29 is 13.2 Å². The number of hydrogen-bond donors (Lipinski definition) is 2. The van der Waals surface area contributed by atoms with E-state index in [1.54, 1.807) is 24.3 Å². The Morgan fingerprint density at radius 2 is 1.81 bits per heavy atom. The third-order valence-electron chi connectivity index (χ3n) is 3.63. The molecule has 1 aromatic heterocycles. The van der Waals surface area contributed by atoms with Crippen molar-refractivity contribution >= 4 is 28.8 Å². The van der Waals surface area contributed by atoms with Gasteiger partial charge < -0.3 is 11.1 Å². The Kier molecular flexibility index (Phi) is 4.66. The van der Waals surface area contributed by atoms with Crippen LogP contribution < -0.4 is 5.73 Å². The molecule has 0 saturated carbocycles. The summed E-state index contributed by atoms with van der Waals surface area (Å²) in [4.78, 5) is 11.9. The molecular formula is C18H14F3N5. The first kappa shape index (κ1) is 17.5. The van der Waals surface area contributed by atoms with Crippen LogP contribution >= 0.6 is 0 Å². The molecule has 0 fully saturated rings. The second-order valence-electron chi connectivity index (χ2n) is 5.48. The maximum atomic E-state index is 14.9. The van der Waals surface area contributed by atoms with Crippen molar-refractivity contribution in [2.75, 3.05) is 0 Å². The Bertz CT molecular complexity index is 984. The maximum Gasteiger partial charge on any atom is 0.331 e. The number of benzene rings is 2. The highest BCUT2D eigenvalue weighted by Crippen LogP contribution is 2.36. The molecule has 0 radical (unpaired) electrons. The molecule has 0 aliphatic heterocycles. The summed E-state index contributed by atoms with van der Waals surface area (Å²) in [6.07, 6.45) is 1.12. The number of amidine groups is 1. The molecule has 3 aromatic rings. The van der Waals surface area contributed by atoms with Crippen LogP contribution in [0.3, 0.4) is 0 Å². The van der Waals surface area contributed by atoms with E-state index in [0.717, 1.165) is 30.5 Å². The van der Waals surface area contributed by atoms with Crippen LogP contribution in [0.4, 0.5) is 19.0 Å². The third kappa shape index (κ3) is 3.39. The molecular weight excluding hydrogens is 343 g/mol. The Labute approximate surface area is 146 Å². The van der Waals surface area contributed by atoms with Gasteiger partial charge in [0.2, 0.25) is 5.82 Å². The summed E-state index contributed by atoms with van der Waals surface area (Å²) in [6, 6.07) is 10.4. The molecule has 3 rings (SSSR count). The van der Waals surface area contributed by atoms with E-state index in [9.17, 15) is 13.2 Å². The van der Waals surface area contributed by atoms with Gasteiger partial charge in [0, 0.05) is 23.6 Å². The fourth-order valence-electron chi connectivity index (χ4n) is 2.36. The highest BCUT2D eigenvalue weighted by Gasteiger charge is 2.38. The van der Waals surface area contributed by atoms with Crippen LogP contribution in [0, 0.1) is 11.2 Å². The first-order valence-corrected chi connectivity index (χ1v) is 7.65. The molecule has 2 aromatic carbocycles. The van der Waals surface area contributed by atoms with Crippen molar-refractivity contribution in [2.24, 2.45) is 10.7 Å². The minimum atomic E-state index is -3.54. The van der Waals surface area contributed by atoms with Crippen LogP contribution in [0.2, 0.25) is 0 Å². The summed E-state index contributed by atoms with van der Waals surface area (Å²) in [5, 5.41) is 7.52. The molecule has 5 nitrogen and oxygen atoms in total. The number of fused-ring (bicyclic) bond motifs is 1. The molecule has 0 saturated heterocycles. The van der Waals surface area contributed by atoms with Gasteiger partial charge in [0.1, 0.15) is 11.7 Å². The number of para-hydroxylation sites is 1. The van der Waals surface area contributed by atoms with Crippen LogP contribution in [0.1, 0.15) is 17.8 Å². The quantitative estimate of drug-likeness (QED) is 0.535. The van der Waals surface area contributed by atoms with Crippen molar-refractivity contribution in [3.8, 4) is 0 Å². The molecule has 1 heterocycles. The number of nitrogens with one attached hydrogen (secondary N) is 1. The Morgan fingerprint density at radius 1 is 1.12 bits per heavy atom. The van der Waals surface area contributed by atoms with Gasteiger partial charge in [0.15, 0.2) is 5.82 Å². The number of hydrogen-bond acceptors (Lipinski definition) is 4. The fraction of sp³-hybridized carbons (Fsp3) is 0.111. The largest absolute Gasteiger partial charge is 0.387 e. The molecule has 0 amide bonds. The van der Waals surface area contributed by atoms with E-state index >= 15 is 0 Å². The zero-order valence-corrected chi connectivity index (χ0v) is 13.5. The third-order valence-corrected chi connectivity index (χ3v) is 3.63. The van der Waals surface area contributed by atoms with E-state index in [1.165, 1.54) is 0 Å². The minimum absolute atomic E-state index is 0.00765. The smallest absolute Gasteiger partial charge is 0.331 e. The molecule has 132 valence electrons. The Hall–Kier alpha value is -3.29. The van der Waals surface area contributed by atoms with Gasteiger partial charge in [-0.2, -0.15) is 8.78 Å². The first-order valence-electron chi connectivity index (χ1n) is 7.65. The SMILES string of the molecule is N=CCC(N)=Nc1nc(C(F)(F)c2ccc(F)cc2)nc2ccccc12. The van der Waals surface area contributed by atoms with E-state index in [-0.39, 0.29) is 23.6 Å². The zero-order valence-electron chi connectivity index (χ0n) is 13.5. The van der Waals surface area contributed by atoms with Crippen LogP contribution in [0.25, 0.3) is 10.9 Å². The van der Waals surface area contributed by atoms with Gasteiger partial charge in [-0.3, -0.25) is 0 Å². The van der Waals surface area contributed by atoms with Crippen LogP contribution in [0.5, 0.6) is 0 Å². The molecule has 0 atom stereocenters. The Morgan fingerprint density at radius 3 is 2.50 bits per heavy atom. The maximum absolute atomic E-state index is 14.9. The second-order valence-corrected chi connectivity index (χ2v) is 5.48. The lowest BCUT2D eigenvalue weighted by molar-refractivity contribution is 0.0332. The van der Waals surface area contributed by atoms with Gasteiger partial charge in [0.05, 0.1) is 5.52 Å². The number of aliphatic imine (C=N–C) groups is 1. The van der Waals surface area contributed by atoms with Gasteiger partial charge in [-0.05, 0) is 36.4 Å². The molecule has 3 N–H and O–H groups in total. The molecule has 0 spiro atoms. The summed E-state index contributed by atoms with van der Waals surface area (Å²) in [5.74, 6) is -4.86. The molecule has 0 aliphatic rings. The summed E-state index contributed by atoms with van der Waals surface area (Å²) < 4.78 is 42.7. The molecule has 26 heavy (non-hydrogen) atoms. The summed E-state index contributed by atoms with van der Waals surface area (Å²) in [6.45, 7) is 0. The van der Waals surface area contributed by atoms with Gasteiger partial charge in [-0.25, -0.2) is 19.4 Å². The van der Waals surface area contributed by atoms with Crippen molar-refractivity contribution in [3.63, 3.8) is 0 Å². The highest BCUT2D eigenvalue weighted by atomic mass is 19.3. The topological polar surface area (TPSA) is 88.0 Å². The normalized spacial score (nSPS) is 12.3. The lowest BCUT2D eigenvalue weighted by Crippen LogP contribution is -2.19. The van der Waals surface area contributed by atoms with Crippen molar-refractivity contribution in [1.82, 2.24) is 9.97 Å². The highest BCUT2D eigenvalue weighted by molar-refractivity contribution is 5.96. The van der Waals surface area contributed by atoms with Gasteiger partial charge in [0.25, 0.3) is 0 Å². The number of nitrogens with zero attached hydrogens (tertiary/aromatic N) is 3. The number of alkyl halides is 2. The van der Waals surface area contributed by atoms with Gasteiger partial charge in [-0.1, -0.05) is 12.1 Å². The van der Waals surface area contributed by atoms with Crippen LogP contribution in [0.15, 0.2) is 53.5 Å². The van der Waals surface area contributed by atoms with Crippen molar-refractivity contribution in [1.29, 1.82) is 5.41 Å². The van der Waals surface area contributed by atoms with Gasteiger partial charge in [-0.15, -0.1) is 0 Å². The minimum Gasteiger partial charge on any atom is -0.387 e. The van der Waals surface area contributed by atoms with E-state index in [2.05, 4.69) is 15.0 Å². The molecule has 8 heteroatoms. The van der Waals surface area contributed by atoms with E-state index in [4.69, 9.17) is 11.1 Å². The van der Waals surface area contributed by atoms with Crippen molar-refractivity contribution in [3.05, 3.63) is 65.7 Å². The number of aromatic nitrogens is 2. The average Bonchev–Trinajstić information content (AvgIpc) is 2.62. The van der Waals surface area contributed by atoms with Crippen LogP contribution in [-0.4, -0.2) is 22.0 Å². The lowest BCUT2D eigenvalue weighted by Gasteiger charge is -2.16. The second kappa shape index (κ2) is 6.91. The summed E-state index contributed by atoms with van der Waals surface area (Å²) in [7, 11) is 0. The predicted octanol–water partition coefficient (Wildman–Crippen LogP) is 3.94. The fourth-order valence-corrected chi connectivity index (χ4v) is 2.36. The first-order chi connectivity index (χ1) is 12.4. The molecule has 0 aliphatic carbocycles.